The van der Waals surface area contributed by atoms with Crippen LogP contribution in [0.15, 0.2) is 53.0 Å². The van der Waals surface area contributed by atoms with E-state index in [9.17, 15) is 0 Å². The van der Waals surface area contributed by atoms with E-state index in [1.165, 1.54) is 12.7 Å². The summed E-state index contributed by atoms with van der Waals surface area (Å²) in [4.78, 5) is 0. The molecule has 2 aromatic rings. The number of aryl methyl sites for hydroxylation is 1. The van der Waals surface area contributed by atoms with Crippen LogP contribution in [0.5, 0.6) is 0 Å². The Labute approximate surface area is 109 Å². The number of hydrogen-bond acceptors (Lipinski definition) is 0. The van der Waals surface area contributed by atoms with Crippen molar-refractivity contribution in [2.75, 3.05) is 0 Å². The summed E-state index contributed by atoms with van der Waals surface area (Å²) in [5.41, 5.74) is 1.41. The van der Waals surface area contributed by atoms with Gasteiger partial charge in [0.15, 0.2) is 7.14 Å². The molecule has 2 rings (SSSR count). The van der Waals surface area contributed by atoms with Crippen LogP contribution in [0.4, 0.5) is 0 Å². The Bertz CT molecular complexity index is 448. The van der Waals surface area contributed by atoms with Crippen LogP contribution in [0.25, 0.3) is 0 Å². The van der Waals surface area contributed by atoms with Crippen molar-refractivity contribution in [1.82, 2.24) is 0 Å². The molecule has 0 aromatic heterocycles. The second kappa shape index (κ2) is 5.12. The zero-order valence-electron chi connectivity index (χ0n) is 8.37. The summed E-state index contributed by atoms with van der Waals surface area (Å²) in [6.07, 6.45) is 0. The lowest BCUT2D eigenvalue weighted by Crippen LogP contribution is -3.61. The Morgan fingerprint density at radius 3 is 2.27 bits per heavy atom. The number of rotatable bonds is 2. The largest absolute Gasteiger partial charge is 0.358 e. The van der Waals surface area contributed by atoms with Gasteiger partial charge in [0.05, 0.1) is 0 Å². The van der Waals surface area contributed by atoms with E-state index in [0.717, 1.165) is 4.47 Å². The van der Waals surface area contributed by atoms with Crippen LogP contribution in [-0.2, 0) is 0 Å². The van der Waals surface area contributed by atoms with Crippen molar-refractivity contribution in [3.8, 4) is 0 Å². The lowest BCUT2D eigenvalue weighted by molar-refractivity contribution is -0.598. The highest BCUT2D eigenvalue weighted by molar-refractivity contribution is 9.10. The summed E-state index contributed by atoms with van der Waals surface area (Å²) in [5.74, 6) is 0. The van der Waals surface area contributed by atoms with Gasteiger partial charge in [0.25, 0.3) is 0 Å². The maximum Gasteiger partial charge on any atom is 0.358 e. The molecule has 0 aliphatic carbocycles. The Hall–Kier alpha value is -0.350. The van der Waals surface area contributed by atoms with Gasteiger partial charge < -0.3 is 0 Å². The van der Waals surface area contributed by atoms with Crippen molar-refractivity contribution in [2.45, 2.75) is 6.92 Å². The molecule has 0 radical (unpaired) electrons. The van der Waals surface area contributed by atoms with Gasteiger partial charge in [-0.3, -0.25) is 0 Å². The molecular formula is C13H11BrI+. The molecule has 0 fully saturated rings. The lowest BCUT2D eigenvalue weighted by Gasteiger charge is -1.92. The molecule has 0 N–H and O–H groups in total. The molecule has 0 aliphatic rings. The monoisotopic (exact) mass is 373 g/mol. The smallest absolute Gasteiger partial charge is 0.0617 e. The molecule has 0 unspecified atom stereocenters. The Kier molecular flexibility index (Phi) is 3.81. The van der Waals surface area contributed by atoms with Crippen LogP contribution in [-0.4, -0.2) is 0 Å². The average molecular weight is 374 g/mol. The van der Waals surface area contributed by atoms with Crippen molar-refractivity contribution in [2.24, 2.45) is 0 Å². The first-order chi connectivity index (χ1) is 7.25. The van der Waals surface area contributed by atoms with E-state index in [1.807, 2.05) is 0 Å². The van der Waals surface area contributed by atoms with Gasteiger partial charge in [-0.15, -0.1) is 0 Å². The van der Waals surface area contributed by atoms with Crippen LogP contribution < -0.4 is 21.2 Å². The third-order valence-electron chi connectivity index (χ3n) is 2.09. The minimum Gasteiger partial charge on any atom is -0.0617 e. The van der Waals surface area contributed by atoms with Gasteiger partial charge in [0.1, 0.15) is 0 Å². The van der Waals surface area contributed by atoms with Gasteiger partial charge in [0, 0.05) is 10.0 Å². The topological polar surface area (TPSA) is 0 Å². The maximum absolute atomic E-state index is 3.46. The fourth-order valence-electron chi connectivity index (χ4n) is 1.27. The van der Waals surface area contributed by atoms with Gasteiger partial charge in [0.2, 0.25) is 0 Å². The van der Waals surface area contributed by atoms with Crippen molar-refractivity contribution in [3.05, 3.63) is 65.7 Å². The zero-order chi connectivity index (χ0) is 10.7. The first-order valence-corrected chi connectivity index (χ1v) is 7.67. The first kappa shape index (κ1) is 11.1. The van der Waals surface area contributed by atoms with Crippen LogP contribution in [0, 0.1) is 14.1 Å². The normalized spacial score (nSPS) is 10.3. The number of halogens is 2. The summed E-state index contributed by atoms with van der Waals surface area (Å²) in [7, 11) is 0. The molecule has 0 heterocycles. The minimum atomic E-state index is -0.0266. The Balaban J connectivity index is 2.22. The molecule has 0 saturated heterocycles. The lowest BCUT2D eigenvalue weighted by atomic mass is 10.2. The van der Waals surface area contributed by atoms with Crippen molar-refractivity contribution in [3.63, 3.8) is 0 Å². The highest BCUT2D eigenvalue weighted by Gasteiger charge is 2.16. The molecule has 76 valence electrons. The molecule has 0 amide bonds. The van der Waals surface area contributed by atoms with E-state index >= 15 is 0 Å². The molecule has 0 nitrogen and oxygen atoms in total. The number of hydrogen-bond donors (Lipinski definition) is 0. The molecule has 0 saturated carbocycles. The Morgan fingerprint density at radius 2 is 1.60 bits per heavy atom. The number of benzene rings is 2. The van der Waals surface area contributed by atoms with E-state index in [2.05, 4.69) is 71.4 Å². The fraction of sp³-hybridized carbons (Fsp3) is 0.0769. The van der Waals surface area contributed by atoms with Gasteiger partial charge in [-0.05, 0) is 37.3 Å². The van der Waals surface area contributed by atoms with Gasteiger partial charge in [-0.25, -0.2) is 0 Å². The van der Waals surface area contributed by atoms with E-state index in [1.54, 1.807) is 0 Å². The van der Waals surface area contributed by atoms with Gasteiger partial charge in [-0.2, -0.15) is 0 Å². The van der Waals surface area contributed by atoms with Crippen molar-refractivity contribution >= 4 is 15.9 Å². The Morgan fingerprint density at radius 1 is 0.933 bits per heavy atom. The molecule has 2 aromatic carbocycles. The molecule has 2 heteroatoms. The molecule has 0 spiro atoms. The van der Waals surface area contributed by atoms with E-state index < -0.39 is 0 Å². The van der Waals surface area contributed by atoms with E-state index in [4.69, 9.17) is 0 Å². The predicted octanol–water partition coefficient (Wildman–Crippen LogP) is 0.886. The van der Waals surface area contributed by atoms with Crippen LogP contribution >= 0.6 is 15.9 Å². The molecular weight excluding hydrogens is 363 g/mol. The van der Waals surface area contributed by atoms with Crippen LogP contribution in [0.3, 0.4) is 0 Å². The highest BCUT2D eigenvalue weighted by atomic mass is 127. The summed E-state index contributed by atoms with van der Waals surface area (Å²) in [6, 6.07) is 17.3. The minimum absolute atomic E-state index is 0.0266. The summed E-state index contributed by atoms with van der Waals surface area (Å²) >= 11 is 3.43. The standard InChI is InChI=1S/C13H11BrI/c1-10-4-2-3-5-13(10)15-12-8-6-11(14)7-9-12/h2-9H,1H3/q+1. The fourth-order valence-corrected chi connectivity index (χ4v) is 3.91. The molecule has 0 aliphatic heterocycles. The van der Waals surface area contributed by atoms with Crippen LogP contribution in [0.1, 0.15) is 5.56 Å². The average Bonchev–Trinajstić information content (AvgIpc) is 2.25. The molecule has 0 atom stereocenters. The second-order valence-corrected chi connectivity index (χ2v) is 7.14. The zero-order valence-corrected chi connectivity index (χ0v) is 12.1. The second-order valence-electron chi connectivity index (χ2n) is 3.28. The SMILES string of the molecule is Cc1ccccc1[I+]c1ccc(Br)cc1. The van der Waals surface area contributed by atoms with Gasteiger partial charge in [-0.1, -0.05) is 34.1 Å². The summed E-state index contributed by atoms with van der Waals surface area (Å²) in [6.45, 7) is 2.19. The van der Waals surface area contributed by atoms with Crippen molar-refractivity contribution < 1.29 is 21.2 Å². The molecule has 15 heavy (non-hydrogen) atoms. The van der Waals surface area contributed by atoms with Crippen LogP contribution in [0.2, 0.25) is 0 Å². The summed E-state index contributed by atoms with van der Waals surface area (Å²) < 4.78 is 4.13. The maximum atomic E-state index is 3.46. The predicted molar refractivity (Wildman–Crippen MR) is 62.7 cm³/mol. The first-order valence-electron chi connectivity index (χ1n) is 4.72. The quantitative estimate of drug-likeness (QED) is 0.686. The third-order valence-corrected chi connectivity index (χ3v) is 5.75. The summed E-state index contributed by atoms with van der Waals surface area (Å²) in [5, 5.41) is 0. The molecule has 0 bridgehead atoms. The van der Waals surface area contributed by atoms with E-state index in [-0.39, 0.29) is 21.2 Å². The van der Waals surface area contributed by atoms with Gasteiger partial charge >= 0.3 is 21.2 Å². The highest BCUT2D eigenvalue weighted by Crippen LogP contribution is 2.05. The van der Waals surface area contributed by atoms with E-state index in [0.29, 0.717) is 0 Å². The third kappa shape index (κ3) is 3.05. The van der Waals surface area contributed by atoms with Crippen molar-refractivity contribution in [1.29, 1.82) is 0 Å².